The van der Waals surface area contributed by atoms with Crippen molar-refractivity contribution in [2.24, 2.45) is 29.6 Å². The Kier molecular flexibility index (Phi) is 8.03. The van der Waals surface area contributed by atoms with E-state index in [0.29, 0.717) is 38.0 Å². The molecule has 194 valence electrons. The summed E-state index contributed by atoms with van der Waals surface area (Å²) < 4.78 is 16.3. The van der Waals surface area contributed by atoms with Crippen LogP contribution in [0.1, 0.15) is 51.4 Å². The van der Waals surface area contributed by atoms with Crippen LogP contribution in [0.25, 0.3) is 0 Å². The number of fused-ring (bicyclic) bond motifs is 2. The smallest absolute Gasteiger partial charge is 0.224 e. The van der Waals surface area contributed by atoms with Crippen LogP contribution in [0.2, 0.25) is 0 Å². The average molecular weight is 501 g/mol. The maximum absolute atomic E-state index is 16.3. The number of nitrogens with one attached hydrogen (secondary N) is 2. The molecule has 2 heterocycles. The van der Waals surface area contributed by atoms with E-state index in [9.17, 15) is 9.90 Å². The second kappa shape index (κ2) is 10.9. The van der Waals surface area contributed by atoms with Gasteiger partial charge < -0.3 is 15.1 Å². The standard InChI is InChI=1S/C25H42ClFN4O3/c26-20-13-19-24(23(27)22(20)18-12-16(33)11-15-3-1-2-4-17(15)18)28-14-29-25(19)31-8-6-30(7-9-31)21(34)5-10-32/h15-20,22-25,28-29,32-33H,1-14H2. The summed E-state index contributed by atoms with van der Waals surface area (Å²) in [6.07, 6.45) is 5.97. The zero-order valence-electron chi connectivity index (χ0n) is 20.1. The van der Waals surface area contributed by atoms with Gasteiger partial charge in [-0.2, -0.15) is 0 Å². The summed E-state index contributed by atoms with van der Waals surface area (Å²) in [5, 5.41) is 26.4. The van der Waals surface area contributed by atoms with Crippen LogP contribution in [0.15, 0.2) is 0 Å². The molecule has 0 aromatic rings. The lowest BCUT2D eigenvalue weighted by molar-refractivity contribution is -0.134. The second-order valence-electron chi connectivity index (χ2n) is 11.4. The molecule has 9 heteroatoms. The largest absolute Gasteiger partial charge is 0.396 e. The Hall–Kier alpha value is -0.510. The molecule has 4 N–H and O–H groups in total. The van der Waals surface area contributed by atoms with Gasteiger partial charge in [0.1, 0.15) is 6.17 Å². The molecule has 2 aliphatic heterocycles. The predicted molar refractivity (Wildman–Crippen MR) is 129 cm³/mol. The van der Waals surface area contributed by atoms with Crippen LogP contribution in [-0.2, 0) is 4.79 Å². The molecule has 5 fully saturated rings. The first-order valence-electron chi connectivity index (χ1n) is 13.5. The van der Waals surface area contributed by atoms with Gasteiger partial charge in [0.05, 0.1) is 18.9 Å². The monoisotopic (exact) mass is 500 g/mol. The number of carbonyl (C=O) groups is 1. The first kappa shape index (κ1) is 25.2. The third-order valence-electron chi connectivity index (χ3n) is 9.66. The summed E-state index contributed by atoms with van der Waals surface area (Å²) in [5.74, 6) is 1.05. The van der Waals surface area contributed by atoms with Gasteiger partial charge in [-0.05, 0) is 43.4 Å². The lowest BCUT2D eigenvalue weighted by Gasteiger charge is -2.55. The van der Waals surface area contributed by atoms with E-state index < -0.39 is 6.17 Å². The van der Waals surface area contributed by atoms with Gasteiger partial charge in [-0.15, -0.1) is 11.6 Å². The number of amides is 1. The minimum Gasteiger partial charge on any atom is -0.396 e. The highest BCUT2D eigenvalue weighted by atomic mass is 35.5. The lowest BCUT2D eigenvalue weighted by Crippen LogP contribution is -2.71. The molecular formula is C25H42ClFN4O3. The van der Waals surface area contributed by atoms with E-state index in [4.69, 9.17) is 16.7 Å². The summed E-state index contributed by atoms with van der Waals surface area (Å²) >= 11 is 7.04. The normalized spacial score (nSPS) is 45.9. The van der Waals surface area contributed by atoms with Crippen molar-refractivity contribution in [1.29, 1.82) is 0 Å². The molecule has 2 saturated heterocycles. The Balaban J connectivity index is 1.27. The maximum atomic E-state index is 16.3. The van der Waals surface area contributed by atoms with Crippen molar-refractivity contribution in [2.75, 3.05) is 39.5 Å². The first-order chi connectivity index (χ1) is 16.5. The highest BCUT2D eigenvalue weighted by molar-refractivity contribution is 6.21. The predicted octanol–water partition coefficient (Wildman–Crippen LogP) is 1.52. The van der Waals surface area contributed by atoms with Gasteiger partial charge in [0, 0.05) is 62.5 Å². The third kappa shape index (κ3) is 4.88. The van der Waals surface area contributed by atoms with E-state index in [1.54, 1.807) is 0 Å². The third-order valence-corrected chi connectivity index (χ3v) is 10.1. The Morgan fingerprint density at radius 3 is 2.53 bits per heavy atom. The van der Waals surface area contributed by atoms with E-state index in [1.165, 1.54) is 12.8 Å². The zero-order chi connectivity index (χ0) is 23.8. The van der Waals surface area contributed by atoms with Crippen LogP contribution in [0, 0.1) is 29.6 Å². The summed E-state index contributed by atoms with van der Waals surface area (Å²) in [4.78, 5) is 16.3. The van der Waals surface area contributed by atoms with Crippen LogP contribution in [-0.4, -0.2) is 95.2 Å². The minimum atomic E-state index is -1.02. The summed E-state index contributed by atoms with van der Waals surface area (Å²) in [7, 11) is 0. The van der Waals surface area contributed by atoms with Gasteiger partial charge in [-0.25, -0.2) is 4.39 Å². The topological polar surface area (TPSA) is 88.1 Å². The average Bonchev–Trinajstić information content (AvgIpc) is 2.84. The number of hydrogen-bond acceptors (Lipinski definition) is 6. The number of hydrogen-bond donors (Lipinski definition) is 4. The highest BCUT2D eigenvalue weighted by Crippen LogP contribution is 2.52. The molecule has 7 nitrogen and oxygen atoms in total. The summed E-state index contributed by atoms with van der Waals surface area (Å²) in [6, 6.07) is -0.235. The van der Waals surface area contributed by atoms with Crippen LogP contribution < -0.4 is 10.6 Å². The fraction of sp³-hybridized carbons (Fsp3) is 0.960. The molecule has 0 aromatic heterocycles. The van der Waals surface area contributed by atoms with E-state index in [-0.39, 0.29) is 60.4 Å². The van der Waals surface area contributed by atoms with E-state index in [0.717, 1.165) is 38.8 Å². The first-order valence-corrected chi connectivity index (χ1v) is 14.0. The Morgan fingerprint density at radius 2 is 1.76 bits per heavy atom. The number of rotatable bonds is 4. The Labute approximate surface area is 207 Å². The minimum absolute atomic E-state index is 0.000800. The SMILES string of the molecule is O=C(CCO)N1CCN(C2NCNC3C(F)C(C4CC(O)CC5CCCCC54)C(Cl)CC32)CC1. The number of nitrogens with zero attached hydrogens (tertiary/aromatic N) is 2. The molecule has 10 unspecified atom stereocenters. The van der Waals surface area contributed by atoms with Crippen LogP contribution in [0.4, 0.5) is 4.39 Å². The van der Waals surface area contributed by atoms with Crippen molar-refractivity contribution in [1.82, 2.24) is 20.4 Å². The molecule has 3 aliphatic carbocycles. The maximum Gasteiger partial charge on any atom is 0.224 e. The molecule has 5 rings (SSSR count). The van der Waals surface area contributed by atoms with Crippen molar-refractivity contribution in [3.05, 3.63) is 0 Å². The van der Waals surface area contributed by atoms with Gasteiger partial charge in [0.15, 0.2) is 0 Å². The van der Waals surface area contributed by atoms with Crippen LogP contribution >= 0.6 is 11.6 Å². The zero-order valence-corrected chi connectivity index (χ0v) is 20.9. The molecule has 0 bridgehead atoms. The molecule has 1 amide bonds. The fourth-order valence-electron chi connectivity index (χ4n) is 8.14. The Morgan fingerprint density at radius 1 is 1.00 bits per heavy atom. The number of aliphatic hydroxyl groups excluding tert-OH is 2. The van der Waals surface area contributed by atoms with Gasteiger partial charge >= 0.3 is 0 Å². The molecule has 34 heavy (non-hydrogen) atoms. The summed E-state index contributed by atoms with van der Waals surface area (Å²) in [6.45, 7) is 3.20. The number of aliphatic hydroxyl groups is 2. The van der Waals surface area contributed by atoms with Crippen molar-refractivity contribution in [3.8, 4) is 0 Å². The highest BCUT2D eigenvalue weighted by Gasteiger charge is 2.55. The van der Waals surface area contributed by atoms with Crippen molar-refractivity contribution in [3.63, 3.8) is 0 Å². The molecule has 5 aliphatic rings. The van der Waals surface area contributed by atoms with E-state index >= 15 is 4.39 Å². The Bertz CT molecular complexity index is 712. The van der Waals surface area contributed by atoms with E-state index in [2.05, 4.69) is 15.5 Å². The number of piperazine rings is 1. The molecule has 0 aromatic carbocycles. The fourth-order valence-corrected chi connectivity index (χ4v) is 8.67. The van der Waals surface area contributed by atoms with Crippen LogP contribution in [0.5, 0.6) is 0 Å². The van der Waals surface area contributed by atoms with Gasteiger partial charge in [0.2, 0.25) is 5.91 Å². The summed E-state index contributed by atoms with van der Waals surface area (Å²) in [5.41, 5.74) is 0. The number of alkyl halides is 2. The van der Waals surface area contributed by atoms with Gasteiger partial charge in [-0.1, -0.05) is 19.3 Å². The molecule has 3 saturated carbocycles. The number of halogens is 2. The van der Waals surface area contributed by atoms with Gasteiger partial charge in [0.25, 0.3) is 0 Å². The molecule has 0 radical (unpaired) electrons. The van der Waals surface area contributed by atoms with E-state index in [1.807, 2.05) is 4.90 Å². The van der Waals surface area contributed by atoms with Crippen molar-refractivity contribution >= 4 is 17.5 Å². The molecule has 10 atom stereocenters. The molecular weight excluding hydrogens is 459 g/mol. The lowest BCUT2D eigenvalue weighted by atomic mass is 9.57. The van der Waals surface area contributed by atoms with Crippen molar-refractivity contribution < 1.29 is 19.4 Å². The molecule has 0 spiro atoms. The number of carbonyl (C=O) groups excluding carboxylic acids is 1. The second-order valence-corrected chi connectivity index (χ2v) is 11.9. The van der Waals surface area contributed by atoms with Crippen LogP contribution in [0.3, 0.4) is 0 Å². The van der Waals surface area contributed by atoms with Gasteiger partial charge in [-0.3, -0.25) is 20.3 Å². The van der Waals surface area contributed by atoms with Crippen molar-refractivity contribution in [2.45, 2.75) is 81.2 Å². The quantitative estimate of drug-likeness (QED) is 0.438.